The average Bonchev–Trinajstić information content (AvgIpc) is 2.85. The molecule has 6 heteroatoms. The fourth-order valence-corrected chi connectivity index (χ4v) is 2.76. The lowest BCUT2D eigenvalue weighted by atomic mass is 10.0. The molecule has 0 aliphatic carbocycles. The van der Waals surface area contributed by atoms with Crippen LogP contribution in [-0.4, -0.2) is 16.9 Å². The maximum absolute atomic E-state index is 6.30. The Kier molecular flexibility index (Phi) is 4.91. The van der Waals surface area contributed by atoms with Crippen LogP contribution in [0.4, 0.5) is 0 Å². The van der Waals surface area contributed by atoms with Crippen LogP contribution in [0.2, 0.25) is 10.0 Å². The lowest BCUT2D eigenvalue weighted by molar-refractivity contribution is 0.401. The van der Waals surface area contributed by atoms with Crippen molar-refractivity contribution in [3.63, 3.8) is 0 Å². The van der Waals surface area contributed by atoms with Gasteiger partial charge in [0.15, 0.2) is 5.75 Å². The molecule has 1 atom stereocenters. The molecule has 0 bridgehead atoms. The summed E-state index contributed by atoms with van der Waals surface area (Å²) in [6.45, 7) is 2.73. The number of aromatic nitrogens is 2. The molecule has 0 saturated carbocycles. The van der Waals surface area contributed by atoms with Gasteiger partial charge < -0.3 is 10.5 Å². The van der Waals surface area contributed by atoms with Gasteiger partial charge in [-0.05, 0) is 31.0 Å². The monoisotopic (exact) mass is 313 g/mol. The summed E-state index contributed by atoms with van der Waals surface area (Å²) >= 11 is 12.4. The standard InChI is InChI=1S/C14H17Cl2N3O/c1-3-19-14(13(20-2)8-18-19)12(17)7-9-10(15)5-4-6-11(9)16/h4-6,8,12H,3,7,17H2,1-2H3. The largest absolute Gasteiger partial charge is 0.493 e. The number of hydrogen-bond donors (Lipinski definition) is 1. The van der Waals surface area contributed by atoms with Gasteiger partial charge in [0, 0.05) is 16.6 Å². The molecule has 2 aromatic rings. The molecule has 0 saturated heterocycles. The first-order chi connectivity index (χ1) is 9.58. The third-order valence-corrected chi connectivity index (χ3v) is 3.91. The Morgan fingerprint density at radius 1 is 1.35 bits per heavy atom. The van der Waals surface area contributed by atoms with E-state index in [1.165, 1.54) is 0 Å². The molecule has 0 amide bonds. The summed E-state index contributed by atoms with van der Waals surface area (Å²) in [5.74, 6) is 0.683. The molecule has 1 aromatic carbocycles. The highest BCUT2D eigenvalue weighted by atomic mass is 35.5. The lowest BCUT2D eigenvalue weighted by Crippen LogP contribution is -2.19. The molecule has 0 radical (unpaired) electrons. The normalized spacial score (nSPS) is 12.4. The summed E-state index contributed by atoms with van der Waals surface area (Å²) in [6.07, 6.45) is 2.20. The molecule has 1 heterocycles. The van der Waals surface area contributed by atoms with Crippen LogP contribution in [0.3, 0.4) is 0 Å². The first-order valence-electron chi connectivity index (χ1n) is 6.36. The molecule has 1 aromatic heterocycles. The zero-order chi connectivity index (χ0) is 14.7. The van der Waals surface area contributed by atoms with Crippen LogP contribution < -0.4 is 10.5 Å². The minimum Gasteiger partial charge on any atom is -0.493 e. The fourth-order valence-electron chi connectivity index (χ4n) is 2.21. The van der Waals surface area contributed by atoms with E-state index in [0.717, 1.165) is 17.8 Å². The smallest absolute Gasteiger partial charge is 0.161 e. The second-order valence-corrected chi connectivity index (χ2v) is 5.24. The molecular weight excluding hydrogens is 297 g/mol. The highest BCUT2D eigenvalue weighted by Crippen LogP contribution is 2.31. The Hall–Kier alpha value is -1.23. The number of nitrogens with two attached hydrogens (primary N) is 1. The van der Waals surface area contributed by atoms with Gasteiger partial charge in [-0.1, -0.05) is 29.3 Å². The van der Waals surface area contributed by atoms with Crippen molar-refractivity contribution in [3.8, 4) is 5.75 Å². The zero-order valence-corrected chi connectivity index (χ0v) is 12.9. The van der Waals surface area contributed by atoms with Crippen LogP contribution in [-0.2, 0) is 13.0 Å². The Labute approximate surface area is 128 Å². The Balaban J connectivity index is 2.33. The van der Waals surface area contributed by atoms with Crippen molar-refractivity contribution in [1.82, 2.24) is 9.78 Å². The second kappa shape index (κ2) is 6.48. The van der Waals surface area contributed by atoms with Gasteiger partial charge in [0.1, 0.15) is 0 Å². The number of hydrogen-bond acceptors (Lipinski definition) is 3. The zero-order valence-electron chi connectivity index (χ0n) is 11.4. The molecular formula is C14H17Cl2N3O. The predicted molar refractivity (Wildman–Crippen MR) is 81.5 cm³/mol. The third kappa shape index (κ3) is 2.92. The SMILES string of the molecule is CCn1ncc(OC)c1C(N)Cc1c(Cl)cccc1Cl. The van der Waals surface area contributed by atoms with Gasteiger partial charge in [0.05, 0.1) is 25.0 Å². The van der Waals surface area contributed by atoms with Crippen LogP contribution in [0.15, 0.2) is 24.4 Å². The van der Waals surface area contributed by atoms with E-state index < -0.39 is 0 Å². The highest BCUT2D eigenvalue weighted by molar-refractivity contribution is 6.36. The minimum atomic E-state index is -0.287. The molecule has 4 nitrogen and oxygen atoms in total. The number of aryl methyl sites for hydroxylation is 1. The van der Waals surface area contributed by atoms with E-state index >= 15 is 0 Å². The minimum absolute atomic E-state index is 0.287. The van der Waals surface area contributed by atoms with E-state index in [9.17, 15) is 0 Å². The number of ether oxygens (including phenoxy) is 1. The molecule has 0 fully saturated rings. The summed E-state index contributed by atoms with van der Waals surface area (Å²) in [4.78, 5) is 0. The van der Waals surface area contributed by atoms with Crippen molar-refractivity contribution in [2.24, 2.45) is 5.73 Å². The number of benzene rings is 1. The lowest BCUT2D eigenvalue weighted by Gasteiger charge is -2.16. The quantitative estimate of drug-likeness (QED) is 0.919. The van der Waals surface area contributed by atoms with Crippen molar-refractivity contribution in [1.29, 1.82) is 0 Å². The molecule has 20 heavy (non-hydrogen) atoms. The fraction of sp³-hybridized carbons (Fsp3) is 0.357. The van der Waals surface area contributed by atoms with Crippen LogP contribution in [0.1, 0.15) is 24.2 Å². The number of rotatable bonds is 5. The summed E-state index contributed by atoms with van der Waals surface area (Å²) in [5.41, 5.74) is 8.00. The van der Waals surface area contributed by atoms with Crippen LogP contribution in [0.5, 0.6) is 5.75 Å². The molecule has 1 unspecified atom stereocenters. The van der Waals surface area contributed by atoms with Crippen LogP contribution in [0, 0.1) is 0 Å². The van der Waals surface area contributed by atoms with E-state index in [2.05, 4.69) is 5.10 Å². The predicted octanol–water partition coefficient (Wildman–Crippen LogP) is 3.46. The molecule has 0 aliphatic rings. The van der Waals surface area contributed by atoms with Gasteiger partial charge in [-0.25, -0.2) is 0 Å². The van der Waals surface area contributed by atoms with Crippen molar-refractivity contribution < 1.29 is 4.74 Å². The van der Waals surface area contributed by atoms with Gasteiger partial charge in [0.2, 0.25) is 0 Å². The van der Waals surface area contributed by atoms with Gasteiger partial charge in [-0.3, -0.25) is 4.68 Å². The summed E-state index contributed by atoms with van der Waals surface area (Å²) in [7, 11) is 1.61. The molecule has 2 rings (SSSR count). The molecule has 108 valence electrons. The van der Waals surface area contributed by atoms with E-state index in [1.807, 2.05) is 29.8 Å². The van der Waals surface area contributed by atoms with E-state index in [0.29, 0.717) is 22.2 Å². The van der Waals surface area contributed by atoms with Gasteiger partial charge in [0.25, 0.3) is 0 Å². The number of nitrogens with zero attached hydrogens (tertiary/aromatic N) is 2. The molecule has 0 spiro atoms. The Morgan fingerprint density at radius 3 is 2.55 bits per heavy atom. The second-order valence-electron chi connectivity index (χ2n) is 4.42. The Bertz CT molecular complexity index is 556. The maximum Gasteiger partial charge on any atom is 0.161 e. The van der Waals surface area contributed by atoms with Gasteiger partial charge >= 0.3 is 0 Å². The first kappa shape index (κ1) is 15.2. The third-order valence-electron chi connectivity index (χ3n) is 3.20. The average molecular weight is 314 g/mol. The van der Waals surface area contributed by atoms with E-state index in [1.54, 1.807) is 13.3 Å². The topological polar surface area (TPSA) is 53.1 Å². The van der Waals surface area contributed by atoms with Crippen molar-refractivity contribution in [2.75, 3.05) is 7.11 Å². The molecule has 0 aliphatic heterocycles. The Morgan fingerprint density at radius 2 is 2.00 bits per heavy atom. The van der Waals surface area contributed by atoms with Crippen molar-refractivity contribution >= 4 is 23.2 Å². The van der Waals surface area contributed by atoms with Crippen LogP contribution in [0.25, 0.3) is 0 Å². The van der Waals surface area contributed by atoms with Crippen molar-refractivity contribution in [3.05, 3.63) is 45.7 Å². The first-order valence-corrected chi connectivity index (χ1v) is 7.12. The summed E-state index contributed by atoms with van der Waals surface area (Å²) in [6, 6.07) is 5.15. The number of halogens is 2. The van der Waals surface area contributed by atoms with E-state index in [4.69, 9.17) is 33.7 Å². The molecule has 2 N–H and O–H groups in total. The van der Waals surface area contributed by atoms with Crippen LogP contribution >= 0.6 is 23.2 Å². The van der Waals surface area contributed by atoms with Gasteiger partial charge in [-0.2, -0.15) is 5.10 Å². The van der Waals surface area contributed by atoms with Gasteiger partial charge in [-0.15, -0.1) is 0 Å². The maximum atomic E-state index is 6.30. The van der Waals surface area contributed by atoms with Crippen molar-refractivity contribution in [2.45, 2.75) is 25.9 Å². The number of methoxy groups -OCH3 is 1. The summed E-state index contributed by atoms with van der Waals surface area (Å²) < 4.78 is 7.15. The van der Waals surface area contributed by atoms with E-state index in [-0.39, 0.29) is 6.04 Å². The summed E-state index contributed by atoms with van der Waals surface area (Å²) in [5, 5.41) is 5.50. The highest BCUT2D eigenvalue weighted by Gasteiger charge is 2.20.